The summed E-state index contributed by atoms with van der Waals surface area (Å²) in [5.74, 6) is 0.903. The molecule has 68 valence electrons. The van der Waals surface area contributed by atoms with Crippen molar-refractivity contribution in [3.8, 4) is 0 Å². The fraction of sp³-hybridized carbons (Fsp3) is 0.727. The van der Waals surface area contributed by atoms with Gasteiger partial charge >= 0.3 is 0 Å². The standard InChI is InChI=1S/C11H18O/c1-5-11(8(2)3)7-10(12)6-9(11)4/h9H,2,5-7H2,1,3-4H3/t9-,11-/m1/s1. The van der Waals surface area contributed by atoms with E-state index >= 15 is 0 Å². The van der Waals surface area contributed by atoms with Crippen LogP contribution in [0.4, 0.5) is 0 Å². The van der Waals surface area contributed by atoms with Gasteiger partial charge in [0.05, 0.1) is 0 Å². The van der Waals surface area contributed by atoms with E-state index in [2.05, 4.69) is 27.4 Å². The Hall–Kier alpha value is -0.590. The van der Waals surface area contributed by atoms with Gasteiger partial charge in [0, 0.05) is 18.3 Å². The first-order valence-electron chi connectivity index (χ1n) is 4.70. The van der Waals surface area contributed by atoms with E-state index in [1.165, 1.54) is 5.57 Å². The molecule has 2 atom stereocenters. The van der Waals surface area contributed by atoms with Crippen LogP contribution < -0.4 is 0 Å². The van der Waals surface area contributed by atoms with Gasteiger partial charge in [-0.05, 0) is 19.3 Å². The molecule has 1 fully saturated rings. The van der Waals surface area contributed by atoms with Gasteiger partial charge in [0.2, 0.25) is 0 Å². The van der Waals surface area contributed by atoms with Gasteiger partial charge in [-0.3, -0.25) is 4.79 Å². The molecule has 1 aliphatic rings. The Kier molecular flexibility index (Phi) is 2.41. The maximum Gasteiger partial charge on any atom is 0.134 e. The molecule has 1 heteroatoms. The van der Waals surface area contributed by atoms with E-state index in [0.29, 0.717) is 11.7 Å². The molecule has 0 N–H and O–H groups in total. The Morgan fingerprint density at radius 1 is 1.75 bits per heavy atom. The fourth-order valence-corrected chi connectivity index (χ4v) is 2.48. The Labute approximate surface area is 74.9 Å². The topological polar surface area (TPSA) is 17.1 Å². The van der Waals surface area contributed by atoms with Crippen LogP contribution in [-0.2, 0) is 4.79 Å². The summed E-state index contributed by atoms with van der Waals surface area (Å²) in [4.78, 5) is 11.3. The van der Waals surface area contributed by atoms with E-state index in [1.54, 1.807) is 0 Å². The Morgan fingerprint density at radius 3 is 2.50 bits per heavy atom. The fourth-order valence-electron chi connectivity index (χ4n) is 2.48. The van der Waals surface area contributed by atoms with E-state index in [4.69, 9.17) is 0 Å². The zero-order valence-electron chi connectivity index (χ0n) is 8.31. The molecule has 0 amide bonds. The molecule has 1 aliphatic carbocycles. The summed E-state index contributed by atoms with van der Waals surface area (Å²) in [5, 5.41) is 0. The SMILES string of the molecule is C=C(C)[C@@]1(CC)CC(=O)C[C@H]1C. The van der Waals surface area contributed by atoms with Crippen molar-refractivity contribution in [3.63, 3.8) is 0 Å². The first kappa shape index (κ1) is 9.50. The molecule has 12 heavy (non-hydrogen) atoms. The average Bonchev–Trinajstić information content (AvgIpc) is 2.26. The van der Waals surface area contributed by atoms with Crippen LogP contribution in [0.15, 0.2) is 12.2 Å². The highest BCUT2D eigenvalue weighted by Crippen LogP contribution is 2.48. The summed E-state index contributed by atoms with van der Waals surface area (Å²) in [6, 6.07) is 0. The second-order valence-electron chi connectivity index (χ2n) is 4.11. The number of ketones is 1. The lowest BCUT2D eigenvalue weighted by molar-refractivity contribution is -0.118. The normalized spacial score (nSPS) is 35.6. The molecule has 0 bridgehead atoms. The molecule has 0 spiro atoms. The maximum absolute atomic E-state index is 11.3. The maximum atomic E-state index is 11.3. The van der Waals surface area contributed by atoms with Crippen molar-refractivity contribution in [1.29, 1.82) is 0 Å². The van der Waals surface area contributed by atoms with Gasteiger partial charge in [-0.1, -0.05) is 26.0 Å². The highest BCUT2D eigenvalue weighted by molar-refractivity contribution is 5.82. The van der Waals surface area contributed by atoms with E-state index in [-0.39, 0.29) is 5.41 Å². The van der Waals surface area contributed by atoms with Crippen LogP contribution in [0.2, 0.25) is 0 Å². The molecular weight excluding hydrogens is 148 g/mol. The van der Waals surface area contributed by atoms with Crippen molar-refractivity contribution >= 4 is 5.78 Å². The second-order valence-corrected chi connectivity index (χ2v) is 4.11. The second kappa shape index (κ2) is 3.04. The molecule has 0 unspecified atom stereocenters. The molecule has 1 saturated carbocycles. The molecule has 0 aliphatic heterocycles. The summed E-state index contributed by atoms with van der Waals surface area (Å²) < 4.78 is 0. The van der Waals surface area contributed by atoms with Crippen LogP contribution in [0.3, 0.4) is 0 Å². The Balaban J connectivity index is 2.94. The Morgan fingerprint density at radius 2 is 2.33 bits per heavy atom. The number of carbonyl (C=O) groups is 1. The lowest BCUT2D eigenvalue weighted by Gasteiger charge is -2.32. The number of hydrogen-bond donors (Lipinski definition) is 0. The molecule has 1 nitrogen and oxygen atoms in total. The monoisotopic (exact) mass is 166 g/mol. The van der Waals surface area contributed by atoms with Gasteiger partial charge in [0.25, 0.3) is 0 Å². The minimum absolute atomic E-state index is 0.122. The molecule has 0 saturated heterocycles. The van der Waals surface area contributed by atoms with Crippen molar-refractivity contribution in [2.24, 2.45) is 11.3 Å². The van der Waals surface area contributed by atoms with Gasteiger partial charge in [-0.15, -0.1) is 0 Å². The zero-order chi connectivity index (χ0) is 9.35. The van der Waals surface area contributed by atoms with Crippen molar-refractivity contribution in [1.82, 2.24) is 0 Å². The van der Waals surface area contributed by atoms with Gasteiger partial charge in [0.1, 0.15) is 5.78 Å². The van der Waals surface area contributed by atoms with Crippen LogP contribution >= 0.6 is 0 Å². The van der Waals surface area contributed by atoms with Crippen LogP contribution in [-0.4, -0.2) is 5.78 Å². The molecule has 0 aromatic heterocycles. The third-order valence-corrected chi connectivity index (χ3v) is 3.47. The Bertz CT molecular complexity index is 217. The van der Waals surface area contributed by atoms with Crippen LogP contribution in [0.5, 0.6) is 0 Å². The van der Waals surface area contributed by atoms with Gasteiger partial charge in [-0.2, -0.15) is 0 Å². The van der Waals surface area contributed by atoms with Crippen molar-refractivity contribution in [2.45, 2.75) is 40.0 Å². The first-order valence-corrected chi connectivity index (χ1v) is 4.70. The molecule has 0 heterocycles. The molecule has 1 rings (SSSR count). The smallest absolute Gasteiger partial charge is 0.134 e. The summed E-state index contributed by atoms with van der Waals surface area (Å²) in [5.41, 5.74) is 1.31. The third-order valence-electron chi connectivity index (χ3n) is 3.47. The number of rotatable bonds is 2. The molecule has 0 aromatic carbocycles. The summed E-state index contributed by atoms with van der Waals surface area (Å²) in [6.45, 7) is 10.4. The average molecular weight is 166 g/mol. The zero-order valence-corrected chi connectivity index (χ0v) is 8.31. The van der Waals surface area contributed by atoms with E-state index in [1.807, 2.05) is 0 Å². The lowest BCUT2D eigenvalue weighted by atomic mass is 9.72. The summed E-state index contributed by atoms with van der Waals surface area (Å²) >= 11 is 0. The quantitative estimate of drug-likeness (QED) is 0.576. The van der Waals surface area contributed by atoms with E-state index in [0.717, 1.165) is 19.3 Å². The minimum Gasteiger partial charge on any atom is -0.300 e. The number of Topliss-reactive ketones (excluding diaryl/α,β-unsaturated/α-hetero) is 1. The van der Waals surface area contributed by atoms with Gasteiger partial charge in [0.15, 0.2) is 0 Å². The lowest BCUT2D eigenvalue weighted by Crippen LogP contribution is -2.23. The number of hydrogen-bond acceptors (Lipinski definition) is 1. The highest BCUT2D eigenvalue weighted by Gasteiger charge is 2.43. The molecule has 0 aromatic rings. The third kappa shape index (κ3) is 1.21. The summed E-state index contributed by atoms with van der Waals surface area (Å²) in [7, 11) is 0. The van der Waals surface area contributed by atoms with E-state index in [9.17, 15) is 4.79 Å². The van der Waals surface area contributed by atoms with Crippen LogP contribution in [0.25, 0.3) is 0 Å². The summed E-state index contributed by atoms with van der Waals surface area (Å²) in [6.07, 6.45) is 2.52. The highest BCUT2D eigenvalue weighted by atomic mass is 16.1. The van der Waals surface area contributed by atoms with Crippen molar-refractivity contribution in [3.05, 3.63) is 12.2 Å². The largest absolute Gasteiger partial charge is 0.300 e. The first-order chi connectivity index (χ1) is 5.53. The van der Waals surface area contributed by atoms with E-state index < -0.39 is 0 Å². The molecular formula is C11H18O. The number of carbonyl (C=O) groups excluding carboxylic acids is 1. The minimum atomic E-state index is 0.122. The molecule has 0 radical (unpaired) electrons. The van der Waals surface area contributed by atoms with Crippen molar-refractivity contribution in [2.75, 3.05) is 0 Å². The predicted octanol–water partition coefficient (Wildman–Crippen LogP) is 2.96. The number of allylic oxidation sites excluding steroid dienone is 1. The van der Waals surface area contributed by atoms with Crippen molar-refractivity contribution < 1.29 is 4.79 Å². The predicted molar refractivity (Wildman–Crippen MR) is 50.9 cm³/mol. The van der Waals surface area contributed by atoms with Crippen LogP contribution in [0.1, 0.15) is 40.0 Å². The van der Waals surface area contributed by atoms with Gasteiger partial charge < -0.3 is 0 Å². The van der Waals surface area contributed by atoms with Crippen LogP contribution in [0, 0.1) is 11.3 Å². The van der Waals surface area contributed by atoms with Gasteiger partial charge in [-0.25, -0.2) is 0 Å².